The van der Waals surface area contributed by atoms with Crippen LogP contribution in [0.15, 0.2) is 0 Å². The summed E-state index contributed by atoms with van der Waals surface area (Å²) in [5.74, 6) is 0.846. The number of halogens is 2. The fraction of sp³-hybridized carbons (Fsp3) is 0.944. The second kappa shape index (κ2) is 11.6. The molecular formula is C18H35Cl2N3O2. The fourth-order valence-electron chi connectivity index (χ4n) is 4.36. The van der Waals surface area contributed by atoms with Crippen molar-refractivity contribution in [3.63, 3.8) is 0 Å². The molecule has 3 atom stereocenters. The van der Waals surface area contributed by atoms with E-state index in [1.165, 1.54) is 51.7 Å². The van der Waals surface area contributed by atoms with Crippen molar-refractivity contribution < 1.29 is 9.53 Å². The molecule has 0 aromatic rings. The molecule has 1 unspecified atom stereocenters. The molecule has 3 rings (SSSR count). The van der Waals surface area contributed by atoms with Crippen LogP contribution in [0.2, 0.25) is 0 Å². The van der Waals surface area contributed by atoms with Crippen molar-refractivity contribution in [2.45, 2.75) is 63.6 Å². The number of carbonyl (C=O) groups is 1. The van der Waals surface area contributed by atoms with Gasteiger partial charge in [-0.25, -0.2) is 0 Å². The van der Waals surface area contributed by atoms with Crippen molar-refractivity contribution >= 4 is 30.7 Å². The minimum atomic E-state index is -0.236. The van der Waals surface area contributed by atoms with Gasteiger partial charge in [0.1, 0.15) is 6.10 Å². The third-order valence-corrected chi connectivity index (χ3v) is 5.69. The normalized spacial score (nSPS) is 30.9. The van der Waals surface area contributed by atoms with Crippen LogP contribution in [0.25, 0.3) is 0 Å². The van der Waals surface area contributed by atoms with Gasteiger partial charge in [-0.15, -0.1) is 24.8 Å². The predicted octanol–water partition coefficient (Wildman–Crippen LogP) is 2.45. The molecule has 2 N–H and O–H groups in total. The van der Waals surface area contributed by atoms with Gasteiger partial charge in [-0.05, 0) is 57.5 Å². The Balaban J connectivity index is 0.00000156. The number of ether oxygens (including phenoxy) is 1. The Morgan fingerprint density at radius 1 is 0.960 bits per heavy atom. The minimum Gasteiger partial charge on any atom is -0.364 e. The lowest BCUT2D eigenvalue weighted by Gasteiger charge is -2.36. The quantitative estimate of drug-likeness (QED) is 0.793. The summed E-state index contributed by atoms with van der Waals surface area (Å²) in [4.78, 5) is 17.4. The van der Waals surface area contributed by atoms with E-state index in [4.69, 9.17) is 10.5 Å². The Morgan fingerprint density at radius 3 is 2.32 bits per heavy atom. The zero-order chi connectivity index (χ0) is 16.1. The van der Waals surface area contributed by atoms with Crippen molar-refractivity contribution in [3.05, 3.63) is 0 Å². The van der Waals surface area contributed by atoms with Gasteiger partial charge in [0.05, 0.1) is 6.10 Å². The number of carbonyl (C=O) groups excluding carboxylic acids is 1. The number of rotatable bonds is 4. The predicted molar refractivity (Wildman–Crippen MR) is 106 cm³/mol. The van der Waals surface area contributed by atoms with E-state index in [2.05, 4.69) is 9.80 Å². The maximum Gasteiger partial charge on any atom is 0.251 e. The summed E-state index contributed by atoms with van der Waals surface area (Å²) in [6.45, 7) is 6.01. The second-order valence-corrected chi connectivity index (χ2v) is 7.57. The van der Waals surface area contributed by atoms with Crippen LogP contribution in [0.4, 0.5) is 0 Å². The number of nitrogens with zero attached hydrogens (tertiary/aromatic N) is 2. The van der Waals surface area contributed by atoms with Crippen LogP contribution in [0.3, 0.4) is 0 Å². The van der Waals surface area contributed by atoms with Crippen LogP contribution in [-0.4, -0.2) is 67.2 Å². The van der Waals surface area contributed by atoms with Crippen LogP contribution in [0.1, 0.15) is 51.4 Å². The molecule has 7 heteroatoms. The van der Waals surface area contributed by atoms with Crippen molar-refractivity contribution in [2.75, 3.05) is 39.3 Å². The standard InChI is InChI=1S/C18H33N3O2.2ClH/c19-12-16-7-8-17(23-16)18(22)21-11-5-6-15(14-21)13-20-9-3-1-2-4-10-20;;/h15-17H,1-14,19H2;2*1H/t15?,16-,17+;;/m1../s1. The maximum absolute atomic E-state index is 12.7. The molecule has 0 aromatic carbocycles. The Bertz CT molecular complexity index is 393. The smallest absolute Gasteiger partial charge is 0.251 e. The van der Waals surface area contributed by atoms with Gasteiger partial charge in [-0.1, -0.05) is 12.8 Å². The highest BCUT2D eigenvalue weighted by Gasteiger charge is 2.35. The van der Waals surface area contributed by atoms with Gasteiger partial charge in [-0.2, -0.15) is 0 Å². The molecule has 1 amide bonds. The van der Waals surface area contributed by atoms with Gasteiger partial charge >= 0.3 is 0 Å². The van der Waals surface area contributed by atoms with Gasteiger partial charge in [0, 0.05) is 26.2 Å². The molecule has 25 heavy (non-hydrogen) atoms. The van der Waals surface area contributed by atoms with E-state index in [9.17, 15) is 4.79 Å². The van der Waals surface area contributed by atoms with Crippen LogP contribution >= 0.6 is 24.8 Å². The highest BCUT2D eigenvalue weighted by molar-refractivity contribution is 5.85. The molecule has 0 bridgehead atoms. The first-order valence-electron chi connectivity index (χ1n) is 9.63. The lowest BCUT2D eigenvalue weighted by molar-refractivity contribution is -0.144. The van der Waals surface area contributed by atoms with Crippen LogP contribution in [-0.2, 0) is 9.53 Å². The summed E-state index contributed by atoms with van der Waals surface area (Å²) in [6, 6.07) is 0. The molecule has 0 spiro atoms. The largest absolute Gasteiger partial charge is 0.364 e. The first-order chi connectivity index (χ1) is 11.3. The summed E-state index contributed by atoms with van der Waals surface area (Å²) in [6.07, 6.45) is 9.46. The van der Waals surface area contributed by atoms with Gasteiger partial charge in [0.15, 0.2) is 0 Å². The molecule has 0 aliphatic carbocycles. The Morgan fingerprint density at radius 2 is 1.68 bits per heavy atom. The van der Waals surface area contributed by atoms with E-state index in [1.54, 1.807) is 0 Å². The van der Waals surface area contributed by atoms with E-state index in [0.717, 1.165) is 32.4 Å². The molecule has 3 fully saturated rings. The molecule has 3 saturated heterocycles. The van der Waals surface area contributed by atoms with E-state index in [-0.39, 0.29) is 42.9 Å². The lowest BCUT2D eigenvalue weighted by atomic mass is 9.96. The molecule has 3 aliphatic heterocycles. The SMILES string of the molecule is Cl.Cl.NC[C@H]1CC[C@@H](C(=O)N2CCCC(CN3CCCCCC3)C2)O1. The number of nitrogens with two attached hydrogens (primary N) is 1. The third kappa shape index (κ3) is 6.55. The average Bonchev–Trinajstić information content (AvgIpc) is 2.92. The van der Waals surface area contributed by atoms with Crippen LogP contribution in [0.5, 0.6) is 0 Å². The second-order valence-electron chi connectivity index (χ2n) is 7.57. The van der Waals surface area contributed by atoms with Crippen molar-refractivity contribution in [2.24, 2.45) is 11.7 Å². The molecule has 0 saturated carbocycles. The molecule has 5 nitrogen and oxygen atoms in total. The zero-order valence-electron chi connectivity index (χ0n) is 15.2. The summed E-state index contributed by atoms with van der Waals surface area (Å²) in [7, 11) is 0. The molecule has 148 valence electrons. The number of amides is 1. The van der Waals surface area contributed by atoms with Gasteiger partial charge < -0.3 is 20.3 Å². The van der Waals surface area contributed by atoms with Crippen LogP contribution < -0.4 is 5.73 Å². The zero-order valence-corrected chi connectivity index (χ0v) is 16.9. The lowest BCUT2D eigenvalue weighted by Crippen LogP contribution is -2.47. The van der Waals surface area contributed by atoms with Gasteiger partial charge in [-0.3, -0.25) is 4.79 Å². The van der Waals surface area contributed by atoms with Crippen molar-refractivity contribution in [1.29, 1.82) is 0 Å². The Kier molecular flexibility index (Phi) is 10.7. The fourth-order valence-corrected chi connectivity index (χ4v) is 4.36. The molecule has 0 radical (unpaired) electrons. The maximum atomic E-state index is 12.7. The number of piperidine rings is 1. The topological polar surface area (TPSA) is 58.8 Å². The minimum absolute atomic E-state index is 0. The molecule has 3 heterocycles. The summed E-state index contributed by atoms with van der Waals surface area (Å²) in [5, 5.41) is 0. The van der Waals surface area contributed by atoms with E-state index in [0.29, 0.717) is 12.5 Å². The number of hydrogen-bond acceptors (Lipinski definition) is 4. The first kappa shape index (κ1) is 23.0. The van der Waals surface area contributed by atoms with Crippen LogP contribution in [0, 0.1) is 5.92 Å². The number of hydrogen-bond donors (Lipinski definition) is 1. The van der Waals surface area contributed by atoms with Gasteiger partial charge in [0.25, 0.3) is 5.91 Å². The molecule has 3 aliphatic rings. The highest BCUT2D eigenvalue weighted by Crippen LogP contribution is 2.25. The molecule has 0 aromatic heterocycles. The summed E-state index contributed by atoms with van der Waals surface area (Å²) >= 11 is 0. The highest BCUT2D eigenvalue weighted by atomic mass is 35.5. The average molecular weight is 396 g/mol. The Labute approximate surface area is 164 Å². The Hall–Kier alpha value is -0.0700. The van der Waals surface area contributed by atoms with Gasteiger partial charge in [0.2, 0.25) is 0 Å². The van der Waals surface area contributed by atoms with Crippen molar-refractivity contribution in [1.82, 2.24) is 9.80 Å². The molecular weight excluding hydrogens is 361 g/mol. The first-order valence-corrected chi connectivity index (χ1v) is 9.63. The van der Waals surface area contributed by atoms with Crippen molar-refractivity contribution in [3.8, 4) is 0 Å². The summed E-state index contributed by atoms with van der Waals surface area (Å²) in [5.41, 5.74) is 5.66. The summed E-state index contributed by atoms with van der Waals surface area (Å²) < 4.78 is 5.80. The van der Waals surface area contributed by atoms with E-state index >= 15 is 0 Å². The third-order valence-electron chi connectivity index (χ3n) is 5.69. The van der Waals surface area contributed by atoms with E-state index < -0.39 is 0 Å². The monoisotopic (exact) mass is 395 g/mol. The number of likely N-dealkylation sites (tertiary alicyclic amines) is 2. The van der Waals surface area contributed by atoms with E-state index in [1.807, 2.05) is 0 Å².